The molecule has 9 heteroatoms. The summed E-state index contributed by atoms with van der Waals surface area (Å²) < 4.78 is 5.34. The van der Waals surface area contributed by atoms with Crippen LogP contribution in [0.3, 0.4) is 0 Å². The second kappa shape index (κ2) is 8.37. The minimum Gasteiger partial charge on any atom is -0.495 e. The van der Waals surface area contributed by atoms with Gasteiger partial charge in [-0.3, -0.25) is 4.79 Å². The highest BCUT2D eigenvalue weighted by atomic mass is 35.5. The zero-order valence-corrected chi connectivity index (χ0v) is 16.6. The number of nitrogens with one attached hydrogen (secondary N) is 1. The minimum atomic E-state index is -0.565. The molecule has 0 bridgehead atoms. The molecule has 2 aromatic carbocycles. The number of aromatic nitrogens is 3. The van der Waals surface area contributed by atoms with Crippen LogP contribution in [-0.2, 0) is 0 Å². The van der Waals surface area contributed by atoms with Crippen LogP contribution < -0.4 is 15.8 Å². The Kier molecular flexibility index (Phi) is 5.91. The molecule has 3 aromatic rings. The first kappa shape index (κ1) is 19.8. The highest BCUT2D eigenvalue weighted by Crippen LogP contribution is 2.31. The summed E-state index contributed by atoms with van der Waals surface area (Å²) in [4.78, 5) is 13.7. The molecule has 0 radical (unpaired) electrons. The number of likely N-dealkylation sites (N-methyl/N-ethyl adjacent to an activating group) is 1. The number of ether oxygens (including phenoxy) is 1. The number of benzene rings is 2. The fourth-order valence-corrected chi connectivity index (χ4v) is 3.17. The van der Waals surface area contributed by atoms with Crippen molar-refractivity contribution in [2.75, 3.05) is 33.1 Å². The zero-order chi connectivity index (χ0) is 20.3. The molecule has 0 fully saturated rings. The van der Waals surface area contributed by atoms with Gasteiger partial charge in [-0.1, -0.05) is 23.7 Å². The van der Waals surface area contributed by atoms with Gasteiger partial charge in [0.1, 0.15) is 11.3 Å². The van der Waals surface area contributed by atoms with Crippen LogP contribution in [0.15, 0.2) is 36.4 Å². The van der Waals surface area contributed by atoms with Gasteiger partial charge in [0.2, 0.25) is 0 Å². The van der Waals surface area contributed by atoms with Gasteiger partial charge in [0.15, 0.2) is 5.82 Å². The Balaban J connectivity index is 2.05. The Hall–Kier alpha value is -2.97. The molecule has 146 valence electrons. The molecule has 0 unspecified atom stereocenters. The molecule has 28 heavy (non-hydrogen) atoms. The summed E-state index contributed by atoms with van der Waals surface area (Å²) in [7, 11) is 5.53. The summed E-state index contributed by atoms with van der Waals surface area (Å²) in [6.45, 7) is 0.672. The van der Waals surface area contributed by atoms with E-state index in [2.05, 4.69) is 20.7 Å². The van der Waals surface area contributed by atoms with Crippen molar-refractivity contribution in [2.24, 2.45) is 5.73 Å². The molecule has 8 nitrogen and oxygen atoms in total. The lowest BCUT2D eigenvalue weighted by Crippen LogP contribution is -2.26. The van der Waals surface area contributed by atoms with Crippen LogP contribution in [0.5, 0.6) is 5.75 Å². The van der Waals surface area contributed by atoms with Gasteiger partial charge in [0, 0.05) is 11.9 Å². The maximum atomic E-state index is 11.7. The van der Waals surface area contributed by atoms with Crippen molar-refractivity contribution >= 4 is 34.2 Å². The third-order valence-corrected chi connectivity index (χ3v) is 4.59. The van der Waals surface area contributed by atoms with Crippen LogP contribution in [0.25, 0.3) is 10.9 Å². The van der Waals surface area contributed by atoms with E-state index in [0.29, 0.717) is 39.6 Å². The number of hydrogen-bond donors (Lipinski definition) is 2. The van der Waals surface area contributed by atoms with Crippen LogP contribution >= 0.6 is 11.6 Å². The van der Waals surface area contributed by atoms with Crippen molar-refractivity contribution < 1.29 is 9.53 Å². The van der Waals surface area contributed by atoms with E-state index in [1.165, 1.54) is 0 Å². The van der Waals surface area contributed by atoms with E-state index in [1.54, 1.807) is 25.3 Å². The van der Waals surface area contributed by atoms with Gasteiger partial charge in [-0.2, -0.15) is 0 Å². The molecule has 3 N–H and O–H groups in total. The molecule has 3 rings (SSSR count). The number of halogens is 1. The average Bonchev–Trinajstić information content (AvgIpc) is 2.67. The second-order valence-electron chi connectivity index (χ2n) is 6.56. The van der Waals surface area contributed by atoms with Crippen molar-refractivity contribution in [3.8, 4) is 5.75 Å². The quantitative estimate of drug-likeness (QED) is 0.627. The van der Waals surface area contributed by atoms with Crippen molar-refractivity contribution in [2.45, 2.75) is 6.04 Å². The second-order valence-corrected chi connectivity index (χ2v) is 6.96. The molecule has 0 spiro atoms. The molecular weight excluding hydrogens is 380 g/mol. The van der Waals surface area contributed by atoms with Crippen LogP contribution in [0.2, 0.25) is 5.02 Å². The SMILES string of the molecule is COc1cc([C@@H](CN(C)C)Nc2nnnc3c(C(N)=O)cccc23)ccc1Cl. The Labute approximate surface area is 167 Å². The standard InChI is InChI=1S/C19H21ClN6O2/c1-26(2)10-15(11-7-8-14(20)16(9-11)28-3)22-19-13-6-4-5-12(18(21)27)17(13)23-25-24-19/h4-9,15H,10H2,1-3H3,(H2,21,27)(H,22,23,24)/t15-/m1/s1. The van der Waals surface area contributed by atoms with Crippen molar-refractivity contribution in [3.05, 3.63) is 52.5 Å². The first-order valence-corrected chi connectivity index (χ1v) is 8.95. The zero-order valence-electron chi connectivity index (χ0n) is 15.8. The molecule has 0 aliphatic heterocycles. The third-order valence-electron chi connectivity index (χ3n) is 4.28. The first-order chi connectivity index (χ1) is 13.4. The molecular formula is C19H21ClN6O2. The number of methoxy groups -OCH3 is 1. The monoisotopic (exact) mass is 400 g/mol. The molecule has 0 saturated carbocycles. The predicted molar refractivity (Wildman–Crippen MR) is 109 cm³/mol. The Bertz CT molecular complexity index is 1010. The van der Waals surface area contributed by atoms with Crippen LogP contribution in [0, 0.1) is 0 Å². The Morgan fingerprint density at radius 3 is 2.75 bits per heavy atom. The summed E-state index contributed by atoms with van der Waals surface area (Å²) in [5.41, 5.74) is 7.13. The number of amides is 1. The van der Waals surface area contributed by atoms with Gasteiger partial charge in [-0.05, 0) is 49.1 Å². The molecule has 1 atom stereocenters. The van der Waals surface area contributed by atoms with Gasteiger partial charge in [-0.15, -0.1) is 10.2 Å². The Morgan fingerprint density at radius 2 is 2.07 bits per heavy atom. The number of primary amides is 1. The average molecular weight is 401 g/mol. The number of anilines is 1. The lowest BCUT2D eigenvalue weighted by Gasteiger charge is -2.24. The minimum absolute atomic E-state index is 0.140. The summed E-state index contributed by atoms with van der Waals surface area (Å²) >= 11 is 6.16. The van der Waals surface area contributed by atoms with E-state index in [-0.39, 0.29) is 6.04 Å². The van der Waals surface area contributed by atoms with Gasteiger partial charge < -0.3 is 20.7 Å². The van der Waals surface area contributed by atoms with E-state index in [0.717, 1.165) is 5.56 Å². The highest BCUT2D eigenvalue weighted by molar-refractivity contribution is 6.32. The highest BCUT2D eigenvalue weighted by Gasteiger charge is 2.18. The predicted octanol–water partition coefficient (Wildman–Crippen LogP) is 2.50. The molecule has 0 aliphatic rings. The largest absolute Gasteiger partial charge is 0.495 e. The van der Waals surface area contributed by atoms with Crippen molar-refractivity contribution in [1.82, 2.24) is 20.3 Å². The lowest BCUT2D eigenvalue weighted by molar-refractivity contribution is 0.100. The van der Waals surface area contributed by atoms with Crippen LogP contribution in [-0.4, -0.2) is 54.0 Å². The number of carbonyl (C=O) groups excluding carboxylic acids is 1. The van der Waals surface area contributed by atoms with Crippen LogP contribution in [0.1, 0.15) is 22.0 Å². The Morgan fingerprint density at radius 1 is 1.29 bits per heavy atom. The van der Waals surface area contributed by atoms with Gasteiger partial charge in [-0.25, -0.2) is 0 Å². The smallest absolute Gasteiger partial charge is 0.250 e. The number of nitrogens with two attached hydrogens (primary N) is 1. The van der Waals surface area contributed by atoms with Crippen molar-refractivity contribution in [1.29, 1.82) is 0 Å². The van der Waals surface area contributed by atoms with Crippen LogP contribution in [0.4, 0.5) is 5.82 Å². The third kappa shape index (κ3) is 4.13. The van der Waals surface area contributed by atoms with E-state index >= 15 is 0 Å². The van der Waals surface area contributed by atoms with E-state index < -0.39 is 5.91 Å². The summed E-state index contributed by atoms with van der Waals surface area (Å²) in [6.07, 6.45) is 0. The van der Waals surface area contributed by atoms with E-state index in [9.17, 15) is 4.79 Å². The molecule has 1 aromatic heterocycles. The number of hydrogen-bond acceptors (Lipinski definition) is 7. The molecule has 1 amide bonds. The lowest BCUT2D eigenvalue weighted by atomic mass is 10.0. The summed E-state index contributed by atoms with van der Waals surface area (Å²) in [5.74, 6) is 0.532. The maximum absolute atomic E-state index is 11.7. The molecule has 0 aliphatic carbocycles. The van der Waals surface area contributed by atoms with E-state index in [4.69, 9.17) is 22.1 Å². The summed E-state index contributed by atoms with van der Waals surface area (Å²) in [6, 6.07) is 10.6. The van der Waals surface area contributed by atoms with Gasteiger partial charge in [0.05, 0.1) is 23.7 Å². The fraction of sp³-hybridized carbons (Fsp3) is 0.263. The molecule has 0 saturated heterocycles. The normalized spacial score (nSPS) is 12.2. The number of carbonyl (C=O) groups is 1. The van der Waals surface area contributed by atoms with Gasteiger partial charge >= 0.3 is 0 Å². The fourth-order valence-electron chi connectivity index (χ4n) is 2.97. The number of fused-ring (bicyclic) bond motifs is 1. The first-order valence-electron chi connectivity index (χ1n) is 8.57. The summed E-state index contributed by atoms with van der Waals surface area (Å²) in [5, 5.41) is 16.5. The number of rotatable bonds is 7. The van der Waals surface area contributed by atoms with E-state index in [1.807, 2.05) is 37.2 Å². The molecule has 1 heterocycles. The number of nitrogens with zero attached hydrogens (tertiary/aromatic N) is 4. The topological polar surface area (TPSA) is 106 Å². The maximum Gasteiger partial charge on any atom is 0.250 e. The van der Waals surface area contributed by atoms with Crippen molar-refractivity contribution in [3.63, 3.8) is 0 Å². The van der Waals surface area contributed by atoms with Gasteiger partial charge in [0.25, 0.3) is 5.91 Å².